The summed E-state index contributed by atoms with van der Waals surface area (Å²) in [7, 11) is 1.81. The maximum atomic E-state index is 6.00. The summed E-state index contributed by atoms with van der Waals surface area (Å²) in [6, 6.07) is 35.9. The van der Waals surface area contributed by atoms with E-state index in [1.54, 1.807) is 9.76 Å². The van der Waals surface area contributed by atoms with Gasteiger partial charge >= 0.3 is 229 Å². The topological polar surface area (TPSA) is 9.23 Å². The van der Waals surface area contributed by atoms with Crippen LogP contribution in [-0.4, -0.2) is 10.3 Å². The van der Waals surface area contributed by atoms with Crippen molar-refractivity contribution in [2.75, 3.05) is 7.11 Å². The van der Waals surface area contributed by atoms with Crippen molar-refractivity contribution < 1.29 is 23.0 Å². The van der Waals surface area contributed by atoms with E-state index >= 15 is 0 Å². The van der Waals surface area contributed by atoms with Crippen LogP contribution in [0.2, 0.25) is 9.26 Å². The van der Waals surface area contributed by atoms with Crippen molar-refractivity contribution >= 4 is 6.48 Å². The van der Waals surface area contributed by atoms with E-state index in [4.69, 9.17) is 4.74 Å². The summed E-state index contributed by atoms with van der Waals surface area (Å²) in [4.78, 5) is 0. The third-order valence-corrected chi connectivity index (χ3v) is 25.1. The van der Waals surface area contributed by atoms with E-state index in [-0.39, 0.29) is 0 Å². The van der Waals surface area contributed by atoms with E-state index in [0.717, 1.165) is 18.6 Å². The van der Waals surface area contributed by atoms with Crippen molar-refractivity contribution in [3.63, 3.8) is 0 Å². The summed E-state index contributed by atoms with van der Waals surface area (Å²) in [5.74, 6) is 0.984. The van der Waals surface area contributed by atoms with Crippen LogP contribution in [0, 0.1) is 0 Å². The van der Waals surface area contributed by atoms with Gasteiger partial charge in [-0.1, -0.05) is 0 Å². The third kappa shape index (κ3) is 3.72. The number of hydrogen-bond acceptors (Lipinski definition) is 1. The second kappa shape index (κ2) is 9.28. The van der Waals surface area contributed by atoms with E-state index in [0.29, 0.717) is 0 Å². The number of methoxy groups -OCH3 is 1. The van der Waals surface area contributed by atoms with Crippen molar-refractivity contribution in [1.29, 1.82) is 0 Å². The van der Waals surface area contributed by atoms with Gasteiger partial charge in [0.1, 0.15) is 0 Å². The van der Waals surface area contributed by atoms with Gasteiger partial charge in [0.25, 0.3) is 0 Å². The van der Waals surface area contributed by atoms with Crippen molar-refractivity contribution in [2.24, 2.45) is 0 Å². The number of allylic oxidation sites excluding steroid dienone is 4. The summed E-state index contributed by atoms with van der Waals surface area (Å²) < 4.78 is 16.1. The minimum atomic E-state index is -4.24. The Hall–Kier alpha value is -3.09. The summed E-state index contributed by atoms with van der Waals surface area (Å²) >= 11 is -4.24. The summed E-state index contributed by atoms with van der Waals surface area (Å²) in [6.07, 6.45) is 4.56. The van der Waals surface area contributed by atoms with Crippen LogP contribution in [0.3, 0.4) is 0 Å². The van der Waals surface area contributed by atoms with Gasteiger partial charge in [-0.2, -0.15) is 0 Å². The van der Waals surface area contributed by atoms with Gasteiger partial charge in [-0.25, -0.2) is 0 Å². The molecule has 0 radical (unpaired) electrons. The fourth-order valence-corrected chi connectivity index (χ4v) is 22.3. The molecule has 6 rings (SSSR count). The van der Waals surface area contributed by atoms with Crippen LogP contribution in [0.1, 0.15) is 42.5 Å². The third-order valence-electron chi connectivity index (χ3n) is 9.31. The van der Waals surface area contributed by atoms with Gasteiger partial charge in [-0.15, -0.1) is 0 Å². The molecular weight excluding hydrogens is 540 g/mol. The molecule has 0 heterocycles. The molecule has 0 spiro atoms. The second-order valence-corrected chi connectivity index (χ2v) is 27.6. The zero-order valence-corrected chi connectivity index (χ0v) is 25.6. The Kier molecular flexibility index (Phi) is 6.16. The number of fused-ring (bicyclic) bond motifs is 3. The quantitative estimate of drug-likeness (QED) is 0.204. The molecule has 38 heavy (non-hydrogen) atoms. The zero-order valence-electron chi connectivity index (χ0n) is 23.1. The summed E-state index contributed by atoms with van der Waals surface area (Å²) in [5, 5.41) is 0. The molecule has 1 nitrogen and oxygen atoms in total. The number of rotatable bonds is 5. The van der Waals surface area contributed by atoms with Crippen molar-refractivity contribution in [3.8, 4) is 16.9 Å². The average Bonchev–Trinajstić information content (AvgIpc) is 3.50. The molecular formula is C36H36OZr. The molecule has 0 aliphatic heterocycles. The Morgan fingerprint density at radius 2 is 1.32 bits per heavy atom. The van der Waals surface area contributed by atoms with Gasteiger partial charge in [0.2, 0.25) is 0 Å². The van der Waals surface area contributed by atoms with E-state index in [9.17, 15) is 0 Å². The molecule has 0 N–H and O–H groups in total. The van der Waals surface area contributed by atoms with E-state index in [1.165, 1.54) is 44.5 Å². The van der Waals surface area contributed by atoms with Crippen molar-refractivity contribution in [1.82, 2.24) is 0 Å². The molecule has 0 saturated heterocycles. The van der Waals surface area contributed by atoms with Gasteiger partial charge in [0.05, 0.1) is 0 Å². The maximum absolute atomic E-state index is 6.00. The van der Waals surface area contributed by atoms with E-state index in [1.807, 2.05) is 7.11 Å². The minimum absolute atomic E-state index is 0.957. The average molecular weight is 576 g/mol. The van der Waals surface area contributed by atoms with E-state index < -0.39 is 18.3 Å². The molecule has 190 valence electrons. The number of benzene rings is 4. The van der Waals surface area contributed by atoms with Crippen LogP contribution in [-0.2, 0) is 24.7 Å². The van der Waals surface area contributed by atoms with Gasteiger partial charge in [0, 0.05) is 0 Å². The molecule has 0 aromatic heterocycles. The predicted octanol–water partition coefficient (Wildman–Crippen LogP) is 8.57. The molecule has 0 saturated carbocycles. The number of ether oxygens (including phenoxy) is 1. The van der Waals surface area contributed by atoms with Crippen LogP contribution in [0.25, 0.3) is 11.1 Å². The molecule has 0 amide bonds. The predicted molar refractivity (Wildman–Crippen MR) is 160 cm³/mol. The zero-order chi connectivity index (χ0) is 26.5. The fourth-order valence-electron chi connectivity index (χ4n) is 7.14. The molecule has 0 unspecified atom stereocenters. The molecule has 0 fully saturated rings. The first-order chi connectivity index (χ1) is 18.3. The monoisotopic (exact) mass is 574 g/mol. The summed E-state index contributed by atoms with van der Waals surface area (Å²) in [5.41, 5.74) is 11.1. The Labute approximate surface area is 228 Å². The first-order valence-corrected chi connectivity index (χ1v) is 22.3. The van der Waals surface area contributed by atoms with Crippen molar-refractivity contribution in [2.45, 2.75) is 36.0 Å². The Balaban J connectivity index is 1.82. The van der Waals surface area contributed by atoms with Gasteiger partial charge in [-0.3, -0.25) is 0 Å². The van der Waals surface area contributed by atoms with E-state index in [2.05, 4.69) is 126 Å². The van der Waals surface area contributed by atoms with Gasteiger partial charge < -0.3 is 0 Å². The van der Waals surface area contributed by atoms with Crippen LogP contribution in [0.4, 0.5) is 0 Å². The molecule has 4 aromatic carbocycles. The van der Waals surface area contributed by atoms with Gasteiger partial charge in [0.15, 0.2) is 0 Å². The van der Waals surface area contributed by atoms with Gasteiger partial charge in [-0.05, 0) is 0 Å². The molecule has 2 aliphatic rings. The number of hydrogen-bond donors (Lipinski definition) is 0. The Bertz CT molecular complexity index is 1650. The normalized spacial score (nSPS) is 14.7. The molecule has 4 aromatic rings. The second-order valence-electron chi connectivity index (χ2n) is 11.8. The first kappa shape index (κ1) is 25.2. The van der Waals surface area contributed by atoms with Crippen molar-refractivity contribution in [3.05, 3.63) is 140 Å². The first-order valence-electron chi connectivity index (χ1n) is 13.7. The Morgan fingerprint density at radius 3 is 1.89 bits per heavy atom. The van der Waals surface area contributed by atoms with Crippen LogP contribution in [0.15, 0.2) is 118 Å². The molecule has 2 aliphatic carbocycles. The van der Waals surface area contributed by atoms with Crippen LogP contribution >= 0.6 is 0 Å². The standard InChI is InChI=1S/C14H11O.C13H10.C7H9.2CH3.Zr/c1-15-13-8-4-6-11-9-10-5-2-3-7-12(10)14(11)13;1-3-7-12(8-4-1)11-13-9-5-2-6-10-13;1-6-4-3-5-7(6)2;;;/h2-5,7-8H,9H2,1H3;1-10H;4H,5H2,1-2H3;2*1H3;. The van der Waals surface area contributed by atoms with Crippen LogP contribution in [0.5, 0.6) is 5.75 Å². The van der Waals surface area contributed by atoms with Crippen LogP contribution < -0.4 is 8.01 Å². The molecule has 2 heteroatoms. The summed E-state index contributed by atoms with van der Waals surface area (Å²) in [6.45, 7) is 4.60. The SMILES string of the molecule is COc1cc[c]([Zr]([CH3])([CH3])([C]2=CC(C)=C(C)C2)=[C](c2ccccc2)c2ccccc2)c2c1-c1ccccc1C2. The molecule has 0 atom stereocenters. The Morgan fingerprint density at radius 1 is 0.711 bits per heavy atom. The fraction of sp³-hybridized carbons (Fsp3) is 0.194. The molecule has 0 bridgehead atoms.